The number of thioether (sulfide) groups is 1. The molecule has 0 spiro atoms. The van der Waals surface area contributed by atoms with E-state index < -0.39 is 21.9 Å². The van der Waals surface area contributed by atoms with Crippen molar-refractivity contribution in [3.8, 4) is 0 Å². The minimum absolute atomic E-state index is 0.149. The monoisotopic (exact) mass is 346 g/mol. The van der Waals surface area contributed by atoms with E-state index in [2.05, 4.69) is 5.32 Å². The average Bonchev–Trinajstić information content (AvgIpc) is 2.95. The van der Waals surface area contributed by atoms with Crippen LogP contribution < -0.4 is 5.32 Å². The molecule has 22 heavy (non-hydrogen) atoms. The van der Waals surface area contributed by atoms with Crippen LogP contribution in [0, 0.1) is 11.7 Å². The first-order valence-corrected chi connectivity index (χ1v) is 9.55. The fourth-order valence-corrected chi connectivity index (χ4v) is 5.29. The van der Waals surface area contributed by atoms with Gasteiger partial charge >= 0.3 is 0 Å². The summed E-state index contributed by atoms with van der Waals surface area (Å²) >= 11 is 1.34. The van der Waals surface area contributed by atoms with Gasteiger partial charge in [-0.15, -0.1) is 11.8 Å². The van der Waals surface area contributed by atoms with Crippen LogP contribution in [0.25, 0.3) is 0 Å². The first-order valence-electron chi connectivity index (χ1n) is 6.96. The predicted octanol–water partition coefficient (Wildman–Crippen LogP) is 1.66. The molecule has 1 aliphatic heterocycles. The van der Waals surface area contributed by atoms with Gasteiger partial charge in [0.1, 0.15) is 16.8 Å². The SMILES string of the molecule is CC(C)CNC(=O)[C@@H]1CSCN1S(=O)(=O)c1ccccc1F. The van der Waals surface area contributed by atoms with Crippen molar-refractivity contribution in [1.82, 2.24) is 9.62 Å². The highest BCUT2D eigenvalue weighted by molar-refractivity contribution is 8.00. The lowest BCUT2D eigenvalue weighted by Gasteiger charge is -2.23. The van der Waals surface area contributed by atoms with Crippen LogP contribution in [-0.4, -0.2) is 42.8 Å². The number of halogens is 1. The quantitative estimate of drug-likeness (QED) is 0.881. The zero-order chi connectivity index (χ0) is 16.3. The molecule has 2 rings (SSSR count). The molecule has 0 aliphatic carbocycles. The third-order valence-electron chi connectivity index (χ3n) is 3.25. The number of rotatable bonds is 5. The zero-order valence-corrected chi connectivity index (χ0v) is 14.1. The van der Waals surface area contributed by atoms with Crippen LogP contribution in [-0.2, 0) is 14.8 Å². The molecular formula is C14H19FN2O3S2. The van der Waals surface area contributed by atoms with Gasteiger partial charge < -0.3 is 5.32 Å². The second-order valence-corrected chi connectivity index (χ2v) is 8.34. The molecule has 1 aromatic carbocycles. The van der Waals surface area contributed by atoms with Crippen LogP contribution in [0.2, 0.25) is 0 Å². The summed E-state index contributed by atoms with van der Waals surface area (Å²) in [7, 11) is -4.03. The van der Waals surface area contributed by atoms with Gasteiger partial charge in [-0.05, 0) is 18.1 Å². The second kappa shape index (κ2) is 6.97. The summed E-state index contributed by atoms with van der Waals surface area (Å²) in [6.07, 6.45) is 0. The van der Waals surface area contributed by atoms with Crippen molar-refractivity contribution in [3.05, 3.63) is 30.1 Å². The highest BCUT2D eigenvalue weighted by atomic mass is 32.2. The zero-order valence-electron chi connectivity index (χ0n) is 12.5. The van der Waals surface area contributed by atoms with Crippen molar-refractivity contribution in [2.45, 2.75) is 24.8 Å². The molecule has 1 amide bonds. The fraction of sp³-hybridized carbons (Fsp3) is 0.500. The molecule has 0 unspecified atom stereocenters. The van der Waals surface area contributed by atoms with Gasteiger partial charge in [0.05, 0.1) is 5.88 Å². The number of nitrogens with zero attached hydrogens (tertiary/aromatic N) is 1. The van der Waals surface area contributed by atoms with Gasteiger partial charge in [-0.25, -0.2) is 12.8 Å². The lowest BCUT2D eigenvalue weighted by Crippen LogP contribution is -2.48. The van der Waals surface area contributed by atoms with E-state index in [1.54, 1.807) is 0 Å². The lowest BCUT2D eigenvalue weighted by atomic mass is 10.2. The van der Waals surface area contributed by atoms with E-state index in [9.17, 15) is 17.6 Å². The molecule has 1 aliphatic rings. The molecule has 5 nitrogen and oxygen atoms in total. The van der Waals surface area contributed by atoms with Crippen molar-refractivity contribution in [3.63, 3.8) is 0 Å². The van der Waals surface area contributed by atoms with E-state index >= 15 is 0 Å². The number of nitrogens with one attached hydrogen (secondary N) is 1. The van der Waals surface area contributed by atoms with Gasteiger partial charge in [0.25, 0.3) is 0 Å². The Labute approximate surface area is 134 Å². The molecule has 1 N–H and O–H groups in total. The summed E-state index contributed by atoms with van der Waals surface area (Å²) in [6.45, 7) is 4.39. The molecule has 0 radical (unpaired) electrons. The van der Waals surface area contributed by atoms with Crippen molar-refractivity contribution >= 4 is 27.7 Å². The van der Waals surface area contributed by atoms with E-state index in [-0.39, 0.29) is 22.6 Å². The van der Waals surface area contributed by atoms with Crippen LogP contribution in [0.1, 0.15) is 13.8 Å². The Morgan fingerprint density at radius 3 is 2.77 bits per heavy atom. The van der Waals surface area contributed by atoms with Gasteiger partial charge in [-0.3, -0.25) is 4.79 Å². The first-order chi connectivity index (χ1) is 10.3. The van der Waals surface area contributed by atoms with Crippen LogP contribution in [0.5, 0.6) is 0 Å². The number of hydrogen-bond donors (Lipinski definition) is 1. The Kier molecular flexibility index (Phi) is 5.46. The van der Waals surface area contributed by atoms with Gasteiger partial charge in [0.2, 0.25) is 15.9 Å². The smallest absolute Gasteiger partial charge is 0.247 e. The minimum atomic E-state index is -4.03. The van der Waals surface area contributed by atoms with Crippen molar-refractivity contribution < 1.29 is 17.6 Å². The number of benzene rings is 1. The summed E-state index contributed by atoms with van der Waals surface area (Å²) in [6, 6.07) is 4.42. The number of carbonyl (C=O) groups excluding carboxylic acids is 1. The molecule has 0 aromatic heterocycles. The van der Waals surface area contributed by atoms with E-state index in [0.29, 0.717) is 12.3 Å². The van der Waals surface area contributed by atoms with Crippen LogP contribution >= 0.6 is 11.8 Å². The summed E-state index contributed by atoms with van der Waals surface area (Å²) in [5.41, 5.74) is 0. The molecule has 1 fully saturated rings. The second-order valence-electron chi connectivity index (χ2n) is 5.48. The van der Waals surface area contributed by atoms with Gasteiger partial charge in [0.15, 0.2) is 0 Å². The lowest BCUT2D eigenvalue weighted by molar-refractivity contribution is -0.123. The van der Waals surface area contributed by atoms with Crippen molar-refractivity contribution in [1.29, 1.82) is 0 Å². The van der Waals surface area contributed by atoms with Crippen molar-refractivity contribution in [2.75, 3.05) is 18.2 Å². The van der Waals surface area contributed by atoms with Gasteiger partial charge in [-0.1, -0.05) is 26.0 Å². The highest BCUT2D eigenvalue weighted by Gasteiger charge is 2.40. The molecule has 0 saturated carbocycles. The Morgan fingerprint density at radius 1 is 1.45 bits per heavy atom. The number of sulfonamides is 1. The number of amides is 1. The maximum atomic E-state index is 13.8. The average molecular weight is 346 g/mol. The Bertz CT molecular complexity index is 649. The normalized spacial score (nSPS) is 19.5. The largest absolute Gasteiger partial charge is 0.354 e. The molecule has 1 atom stereocenters. The minimum Gasteiger partial charge on any atom is -0.354 e. The summed E-state index contributed by atoms with van der Waals surface area (Å²) < 4.78 is 40.1. The van der Waals surface area contributed by atoms with Crippen LogP contribution in [0.4, 0.5) is 4.39 Å². The predicted molar refractivity (Wildman–Crippen MR) is 84.4 cm³/mol. The molecule has 1 heterocycles. The molecule has 0 bridgehead atoms. The maximum absolute atomic E-state index is 13.8. The molecular weight excluding hydrogens is 327 g/mol. The molecule has 1 aromatic rings. The Morgan fingerprint density at radius 2 is 2.14 bits per heavy atom. The van der Waals surface area contributed by atoms with Crippen LogP contribution in [0.3, 0.4) is 0 Å². The Balaban J connectivity index is 2.23. The standard InChI is InChI=1S/C14H19FN2O3S2/c1-10(2)7-16-14(18)12-8-21-9-17(12)22(19,20)13-6-4-3-5-11(13)15/h3-6,10,12H,7-9H2,1-2H3,(H,16,18)/t12-/m0/s1. The third kappa shape index (κ3) is 3.61. The topological polar surface area (TPSA) is 66.5 Å². The van der Waals surface area contributed by atoms with E-state index in [1.807, 2.05) is 13.8 Å². The number of hydrogen-bond acceptors (Lipinski definition) is 4. The van der Waals surface area contributed by atoms with E-state index in [0.717, 1.165) is 10.4 Å². The molecule has 8 heteroatoms. The van der Waals surface area contributed by atoms with E-state index in [4.69, 9.17) is 0 Å². The molecule has 1 saturated heterocycles. The van der Waals surface area contributed by atoms with Crippen LogP contribution in [0.15, 0.2) is 29.2 Å². The third-order valence-corrected chi connectivity index (χ3v) is 6.32. The van der Waals surface area contributed by atoms with E-state index in [1.165, 1.54) is 30.0 Å². The van der Waals surface area contributed by atoms with Gasteiger partial charge in [-0.2, -0.15) is 4.31 Å². The highest BCUT2D eigenvalue weighted by Crippen LogP contribution is 2.29. The first kappa shape index (κ1) is 17.2. The summed E-state index contributed by atoms with van der Waals surface area (Å²) in [4.78, 5) is 11.8. The summed E-state index contributed by atoms with van der Waals surface area (Å²) in [5, 5.41) is 2.74. The fourth-order valence-electron chi connectivity index (χ4n) is 2.07. The maximum Gasteiger partial charge on any atom is 0.247 e. The summed E-state index contributed by atoms with van der Waals surface area (Å²) in [5.74, 6) is -0.345. The van der Waals surface area contributed by atoms with Gasteiger partial charge in [0, 0.05) is 12.3 Å². The number of carbonyl (C=O) groups is 1. The Hall–Kier alpha value is -1.12. The van der Waals surface area contributed by atoms with Crippen molar-refractivity contribution in [2.24, 2.45) is 5.92 Å². The molecule has 122 valence electrons.